The third-order valence-corrected chi connectivity index (χ3v) is 4.29. The Morgan fingerprint density at radius 1 is 1.07 bits per heavy atom. The van der Waals surface area contributed by atoms with Gasteiger partial charge in [0.2, 0.25) is 5.91 Å². The van der Waals surface area contributed by atoms with Gasteiger partial charge < -0.3 is 11.1 Å². The third-order valence-electron chi connectivity index (χ3n) is 4.29. The van der Waals surface area contributed by atoms with Crippen LogP contribution in [-0.2, 0) is 7.05 Å². The number of aryl methyl sites for hydroxylation is 2. The fraction of sp³-hybridized carbons (Fsp3) is 0.105. The van der Waals surface area contributed by atoms with Gasteiger partial charge >= 0.3 is 0 Å². The summed E-state index contributed by atoms with van der Waals surface area (Å²) in [6.45, 7) is 1.68. The maximum Gasteiger partial charge on any atom is 0.275 e. The van der Waals surface area contributed by atoms with Crippen molar-refractivity contribution in [3.63, 3.8) is 0 Å². The highest BCUT2D eigenvalue weighted by molar-refractivity contribution is 6.04. The number of nitrogens with two attached hydrogens (primary N) is 1. The molecule has 0 unspecified atom stereocenters. The van der Waals surface area contributed by atoms with Crippen LogP contribution in [0.25, 0.3) is 22.2 Å². The van der Waals surface area contributed by atoms with E-state index in [1.165, 1.54) is 12.3 Å². The highest BCUT2D eigenvalue weighted by Gasteiger charge is 2.14. The monoisotopic (exact) mass is 388 g/mol. The molecule has 4 aromatic heterocycles. The molecule has 0 fully saturated rings. The van der Waals surface area contributed by atoms with Crippen LogP contribution in [0.3, 0.4) is 0 Å². The molecule has 29 heavy (non-hydrogen) atoms. The number of fused-ring (bicyclic) bond motifs is 1. The van der Waals surface area contributed by atoms with Crippen molar-refractivity contribution in [3.05, 3.63) is 59.8 Å². The molecule has 10 heteroatoms. The van der Waals surface area contributed by atoms with Crippen molar-refractivity contribution in [2.24, 2.45) is 12.8 Å². The number of pyridine rings is 3. The first kappa shape index (κ1) is 18.2. The maximum absolute atomic E-state index is 12.6. The van der Waals surface area contributed by atoms with Crippen LogP contribution in [0.1, 0.15) is 26.4 Å². The number of aromatic nitrogens is 6. The molecule has 0 saturated heterocycles. The van der Waals surface area contributed by atoms with Gasteiger partial charge in [-0.1, -0.05) is 5.21 Å². The van der Waals surface area contributed by atoms with Crippen LogP contribution in [0.15, 0.2) is 43.0 Å². The predicted octanol–water partition coefficient (Wildman–Crippen LogP) is 1.48. The molecule has 0 saturated carbocycles. The lowest BCUT2D eigenvalue weighted by molar-refractivity contribution is 0.0992. The number of primary amides is 1. The molecule has 0 atom stereocenters. The van der Waals surface area contributed by atoms with E-state index < -0.39 is 11.8 Å². The van der Waals surface area contributed by atoms with E-state index in [4.69, 9.17) is 5.73 Å². The Balaban J connectivity index is 1.62. The van der Waals surface area contributed by atoms with Gasteiger partial charge in [0.05, 0.1) is 23.5 Å². The molecule has 0 aliphatic carbocycles. The molecule has 0 radical (unpaired) electrons. The average Bonchev–Trinajstić information content (AvgIpc) is 3.13. The van der Waals surface area contributed by atoms with Crippen LogP contribution in [-0.4, -0.2) is 41.8 Å². The summed E-state index contributed by atoms with van der Waals surface area (Å²) < 4.78 is 1.61. The molecule has 0 aliphatic heterocycles. The van der Waals surface area contributed by atoms with Gasteiger partial charge in [-0.05, 0) is 30.7 Å². The van der Waals surface area contributed by atoms with Crippen molar-refractivity contribution in [3.8, 4) is 11.3 Å². The van der Waals surface area contributed by atoms with E-state index in [0.29, 0.717) is 22.6 Å². The molecule has 4 aromatic rings. The molecule has 2 amide bonds. The molecule has 0 aromatic carbocycles. The van der Waals surface area contributed by atoms with Crippen molar-refractivity contribution in [1.29, 1.82) is 0 Å². The van der Waals surface area contributed by atoms with Gasteiger partial charge in [0.1, 0.15) is 17.2 Å². The van der Waals surface area contributed by atoms with Crippen LogP contribution < -0.4 is 11.1 Å². The standard InChI is InChI=1S/C19H16N8O2/c1-10-3-13(18(20)28)7-23-17(10)19(29)24-16-5-11-4-12(6-21-14(11)8-22-16)15-9-27(2)26-25-15/h3-9H,1-2H3,(H2,20,28)(H,22,24,29). The summed E-state index contributed by atoms with van der Waals surface area (Å²) in [5.41, 5.74) is 8.36. The number of anilines is 1. The number of rotatable bonds is 4. The second-order valence-corrected chi connectivity index (χ2v) is 6.47. The van der Waals surface area contributed by atoms with Crippen molar-refractivity contribution < 1.29 is 9.59 Å². The Morgan fingerprint density at radius 2 is 1.90 bits per heavy atom. The summed E-state index contributed by atoms with van der Waals surface area (Å²) in [5.74, 6) is -0.695. The normalized spacial score (nSPS) is 10.8. The van der Waals surface area contributed by atoms with Gasteiger partial charge in [-0.3, -0.25) is 19.3 Å². The smallest absolute Gasteiger partial charge is 0.275 e. The van der Waals surface area contributed by atoms with Gasteiger partial charge in [-0.2, -0.15) is 0 Å². The topological polar surface area (TPSA) is 142 Å². The Morgan fingerprint density at radius 3 is 2.59 bits per heavy atom. The fourth-order valence-corrected chi connectivity index (χ4v) is 2.84. The van der Waals surface area contributed by atoms with Crippen molar-refractivity contribution >= 4 is 28.5 Å². The molecule has 144 valence electrons. The first-order valence-electron chi connectivity index (χ1n) is 8.61. The lowest BCUT2D eigenvalue weighted by Gasteiger charge is -2.08. The second kappa shape index (κ2) is 7.08. The molecule has 0 spiro atoms. The minimum absolute atomic E-state index is 0.184. The zero-order chi connectivity index (χ0) is 20.5. The van der Waals surface area contributed by atoms with E-state index in [0.717, 1.165) is 10.9 Å². The van der Waals surface area contributed by atoms with Gasteiger partial charge in [-0.25, -0.2) is 9.97 Å². The lowest BCUT2D eigenvalue weighted by atomic mass is 10.1. The van der Waals surface area contributed by atoms with E-state index in [1.54, 1.807) is 43.3 Å². The first-order chi connectivity index (χ1) is 13.9. The number of nitrogens with zero attached hydrogens (tertiary/aromatic N) is 6. The summed E-state index contributed by atoms with van der Waals surface area (Å²) in [4.78, 5) is 36.5. The van der Waals surface area contributed by atoms with E-state index >= 15 is 0 Å². The quantitative estimate of drug-likeness (QED) is 0.539. The number of amides is 2. The maximum atomic E-state index is 12.6. The van der Waals surface area contributed by atoms with Crippen molar-refractivity contribution in [1.82, 2.24) is 29.9 Å². The van der Waals surface area contributed by atoms with Gasteiger partial charge in [0, 0.05) is 30.4 Å². The highest BCUT2D eigenvalue weighted by atomic mass is 16.2. The molecule has 3 N–H and O–H groups in total. The molecular formula is C19H16N8O2. The van der Waals surface area contributed by atoms with Crippen molar-refractivity contribution in [2.45, 2.75) is 6.92 Å². The van der Waals surface area contributed by atoms with Crippen LogP contribution in [0.2, 0.25) is 0 Å². The molecule has 10 nitrogen and oxygen atoms in total. The fourth-order valence-electron chi connectivity index (χ4n) is 2.84. The molecule has 0 aliphatic rings. The Hall–Kier alpha value is -4.21. The third kappa shape index (κ3) is 3.63. The van der Waals surface area contributed by atoms with E-state index in [2.05, 4.69) is 30.6 Å². The van der Waals surface area contributed by atoms with Gasteiger partial charge in [-0.15, -0.1) is 5.10 Å². The molecule has 4 heterocycles. The van der Waals surface area contributed by atoms with Crippen LogP contribution in [0.4, 0.5) is 5.82 Å². The van der Waals surface area contributed by atoms with Crippen LogP contribution in [0, 0.1) is 6.92 Å². The minimum Gasteiger partial charge on any atom is -0.366 e. The molecule has 4 rings (SSSR count). The summed E-state index contributed by atoms with van der Waals surface area (Å²) in [6, 6.07) is 5.14. The number of carbonyl (C=O) groups excluding carboxylic acids is 2. The number of hydrogen-bond donors (Lipinski definition) is 2. The second-order valence-electron chi connectivity index (χ2n) is 6.47. The Kier molecular flexibility index (Phi) is 4.43. The zero-order valence-corrected chi connectivity index (χ0v) is 15.6. The summed E-state index contributed by atoms with van der Waals surface area (Å²) in [6.07, 6.45) is 6.33. The predicted molar refractivity (Wildman–Crippen MR) is 105 cm³/mol. The van der Waals surface area contributed by atoms with Gasteiger partial charge in [0.15, 0.2) is 0 Å². The number of nitrogens with one attached hydrogen (secondary N) is 1. The largest absolute Gasteiger partial charge is 0.366 e. The minimum atomic E-state index is -0.602. The number of carbonyl (C=O) groups is 2. The molecule has 0 bridgehead atoms. The van der Waals surface area contributed by atoms with Crippen LogP contribution in [0.5, 0.6) is 0 Å². The van der Waals surface area contributed by atoms with E-state index in [-0.39, 0.29) is 11.3 Å². The van der Waals surface area contributed by atoms with Crippen LogP contribution >= 0.6 is 0 Å². The van der Waals surface area contributed by atoms with Gasteiger partial charge in [0.25, 0.3) is 5.91 Å². The van der Waals surface area contributed by atoms with E-state index in [9.17, 15) is 9.59 Å². The lowest BCUT2D eigenvalue weighted by Crippen LogP contribution is -2.18. The highest BCUT2D eigenvalue weighted by Crippen LogP contribution is 2.22. The van der Waals surface area contributed by atoms with Crippen molar-refractivity contribution in [2.75, 3.05) is 5.32 Å². The number of hydrogen-bond acceptors (Lipinski definition) is 7. The van der Waals surface area contributed by atoms with E-state index in [1.807, 2.05) is 6.07 Å². The summed E-state index contributed by atoms with van der Waals surface area (Å²) in [5, 5.41) is 11.5. The zero-order valence-electron chi connectivity index (χ0n) is 15.6. The summed E-state index contributed by atoms with van der Waals surface area (Å²) in [7, 11) is 1.79. The SMILES string of the molecule is Cc1cc(C(N)=O)cnc1C(=O)Nc1cc2cc(-c3cn(C)nn3)cnc2cn1. The Labute approximate surface area is 164 Å². The summed E-state index contributed by atoms with van der Waals surface area (Å²) >= 11 is 0. The average molecular weight is 388 g/mol. The first-order valence-corrected chi connectivity index (χ1v) is 8.61. The molecular weight excluding hydrogens is 372 g/mol. The Bertz CT molecular complexity index is 1260.